The van der Waals surface area contributed by atoms with Crippen LogP contribution in [-0.2, 0) is 4.79 Å². The van der Waals surface area contributed by atoms with Crippen LogP contribution in [0.5, 0.6) is 0 Å². The maximum absolute atomic E-state index is 12.9. The fraction of sp³-hybridized carbons (Fsp3) is 0.364. The standard InChI is InChI=1S/C11H11FO2/c12-8-3-1-2-7(6-8)9-4-5-10(9)11(13)14/h1-3,6,9-10H,4-5H2,(H,13,14). The maximum Gasteiger partial charge on any atom is 0.307 e. The average Bonchev–Trinajstić information content (AvgIpc) is 2.00. The molecule has 1 aliphatic rings. The van der Waals surface area contributed by atoms with Crippen LogP contribution in [0.25, 0.3) is 0 Å². The van der Waals surface area contributed by atoms with Gasteiger partial charge in [-0.05, 0) is 36.5 Å². The monoisotopic (exact) mass is 194 g/mol. The van der Waals surface area contributed by atoms with E-state index in [9.17, 15) is 9.18 Å². The van der Waals surface area contributed by atoms with E-state index in [4.69, 9.17) is 5.11 Å². The second-order valence-electron chi connectivity index (χ2n) is 3.68. The third-order valence-corrected chi connectivity index (χ3v) is 2.87. The number of hydrogen-bond acceptors (Lipinski definition) is 1. The van der Waals surface area contributed by atoms with E-state index in [1.165, 1.54) is 12.1 Å². The van der Waals surface area contributed by atoms with Crippen LogP contribution in [0.2, 0.25) is 0 Å². The average molecular weight is 194 g/mol. The van der Waals surface area contributed by atoms with Gasteiger partial charge < -0.3 is 5.11 Å². The first kappa shape index (κ1) is 9.19. The van der Waals surface area contributed by atoms with Crippen molar-refractivity contribution in [3.05, 3.63) is 35.6 Å². The van der Waals surface area contributed by atoms with Gasteiger partial charge >= 0.3 is 5.97 Å². The van der Waals surface area contributed by atoms with Crippen LogP contribution in [0.4, 0.5) is 4.39 Å². The molecule has 0 bridgehead atoms. The number of aliphatic carboxylic acids is 1. The first-order valence-corrected chi connectivity index (χ1v) is 4.67. The Bertz CT molecular complexity index is 362. The van der Waals surface area contributed by atoms with Crippen molar-refractivity contribution >= 4 is 5.97 Å². The lowest BCUT2D eigenvalue weighted by atomic mass is 9.70. The fourth-order valence-corrected chi connectivity index (χ4v) is 1.93. The number of carboxylic acid groups (broad SMARTS) is 1. The largest absolute Gasteiger partial charge is 0.481 e. The van der Waals surface area contributed by atoms with Gasteiger partial charge in [-0.25, -0.2) is 4.39 Å². The minimum Gasteiger partial charge on any atom is -0.481 e. The summed E-state index contributed by atoms with van der Waals surface area (Å²) in [4.78, 5) is 10.8. The van der Waals surface area contributed by atoms with Crippen LogP contribution in [0.1, 0.15) is 24.3 Å². The number of rotatable bonds is 2. The summed E-state index contributed by atoms with van der Waals surface area (Å²) in [6.45, 7) is 0. The van der Waals surface area contributed by atoms with Crippen LogP contribution in [0.15, 0.2) is 24.3 Å². The van der Waals surface area contributed by atoms with E-state index in [1.54, 1.807) is 12.1 Å². The van der Waals surface area contributed by atoms with Crippen LogP contribution >= 0.6 is 0 Å². The van der Waals surface area contributed by atoms with E-state index < -0.39 is 5.97 Å². The van der Waals surface area contributed by atoms with Gasteiger partial charge in [-0.1, -0.05) is 12.1 Å². The molecular weight excluding hydrogens is 183 g/mol. The Labute approximate surface area is 81.4 Å². The first-order chi connectivity index (χ1) is 6.68. The molecule has 14 heavy (non-hydrogen) atoms. The molecule has 2 unspecified atom stereocenters. The van der Waals surface area contributed by atoms with Crippen molar-refractivity contribution in [1.29, 1.82) is 0 Å². The zero-order valence-electron chi connectivity index (χ0n) is 7.61. The predicted octanol–water partition coefficient (Wildman–Crippen LogP) is 2.40. The molecule has 0 heterocycles. The second kappa shape index (κ2) is 3.40. The molecule has 0 aliphatic heterocycles. The maximum atomic E-state index is 12.9. The number of carboxylic acids is 1. The summed E-state index contributed by atoms with van der Waals surface area (Å²) in [5.41, 5.74) is 0.809. The van der Waals surface area contributed by atoms with Gasteiger partial charge in [-0.2, -0.15) is 0 Å². The molecule has 0 saturated heterocycles. The number of hydrogen-bond donors (Lipinski definition) is 1. The highest BCUT2D eigenvalue weighted by molar-refractivity contribution is 5.72. The van der Waals surface area contributed by atoms with Crippen molar-refractivity contribution in [2.24, 2.45) is 5.92 Å². The molecule has 0 amide bonds. The molecule has 1 saturated carbocycles. The molecule has 1 aromatic rings. The summed E-state index contributed by atoms with van der Waals surface area (Å²) in [7, 11) is 0. The van der Waals surface area contributed by atoms with E-state index in [-0.39, 0.29) is 17.7 Å². The summed E-state index contributed by atoms with van der Waals surface area (Å²) in [6, 6.07) is 6.22. The zero-order valence-corrected chi connectivity index (χ0v) is 7.61. The zero-order chi connectivity index (χ0) is 10.1. The number of halogens is 1. The fourth-order valence-electron chi connectivity index (χ4n) is 1.93. The highest BCUT2D eigenvalue weighted by atomic mass is 19.1. The predicted molar refractivity (Wildman–Crippen MR) is 49.5 cm³/mol. The van der Waals surface area contributed by atoms with Gasteiger partial charge in [0.25, 0.3) is 0 Å². The topological polar surface area (TPSA) is 37.3 Å². The van der Waals surface area contributed by atoms with Crippen LogP contribution in [0.3, 0.4) is 0 Å². The Morgan fingerprint density at radius 3 is 2.71 bits per heavy atom. The van der Waals surface area contributed by atoms with Gasteiger partial charge in [0.2, 0.25) is 0 Å². The van der Waals surface area contributed by atoms with E-state index in [2.05, 4.69) is 0 Å². The van der Waals surface area contributed by atoms with Crippen LogP contribution in [-0.4, -0.2) is 11.1 Å². The summed E-state index contributed by atoms with van der Waals surface area (Å²) in [5.74, 6) is -1.39. The molecule has 74 valence electrons. The Hall–Kier alpha value is -1.38. The van der Waals surface area contributed by atoms with Gasteiger partial charge in [0.05, 0.1) is 5.92 Å². The van der Waals surface area contributed by atoms with Crippen molar-refractivity contribution in [3.8, 4) is 0 Å². The van der Waals surface area contributed by atoms with E-state index in [1.807, 2.05) is 0 Å². The molecule has 1 aromatic carbocycles. The summed E-state index contributed by atoms with van der Waals surface area (Å²) in [5, 5.41) is 8.84. The van der Waals surface area contributed by atoms with Gasteiger partial charge in [-0.15, -0.1) is 0 Å². The summed E-state index contributed by atoms with van der Waals surface area (Å²) in [6.07, 6.45) is 1.55. The Balaban J connectivity index is 2.20. The second-order valence-corrected chi connectivity index (χ2v) is 3.68. The lowest BCUT2D eigenvalue weighted by Crippen LogP contribution is -2.30. The van der Waals surface area contributed by atoms with Crippen molar-refractivity contribution < 1.29 is 14.3 Å². The quantitative estimate of drug-likeness (QED) is 0.784. The first-order valence-electron chi connectivity index (χ1n) is 4.67. The van der Waals surface area contributed by atoms with E-state index >= 15 is 0 Å². The molecule has 0 radical (unpaired) electrons. The highest BCUT2D eigenvalue weighted by Crippen LogP contribution is 2.42. The van der Waals surface area contributed by atoms with Crippen molar-refractivity contribution in [2.75, 3.05) is 0 Å². The van der Waals surface area contributed by atoms with Gasteiger partial charge in [0.1, 0.15) is 5.82 Å². The highest BCUT2D eigenvalue weighted by Gasteiger charge is 2.37. The van der Waals surface area contributed by atoms with Gasteiger partial charge in [0.15, 0.2) is 0 Å². The molecule has 1 fully saturated rings. The molecule has 3 heteroatoms. The molecule has 2 nitrogen and oxygen atoms in total. The third-order valence-electron chi connectivity index (χ3n) is 2.87. The van der Waals surface area contributed by atoms with Gasteiger partial charge in [0, 0.05) is 0 Å². The lowest BCUT2D eigenvalue weighted by Gasteiger charge is -2.33. The molecule has 1 N–H and O–H groups in total. The van der Waals surface area contributed by atoms with E-state index in [0.717, 1.165) is 12.0 Å². The normalized spacial score (nSPS) is 25.5. The Morgan fingerprint density at radius 1 is 1.43 bits per heavy atom. The SMILES string of the molecule is O=C(O)C1CCC1c1cccc(F)c1. The van der Waals surface area contributed by atoms with Crippen LogP contribution in [0, 0.1) is 11.7 Å². The van der Waals surface area contributed by atoms with Crippen molar-refractivity contribution in [3.63, 3.8) is 0 Å². The van der Waals surface area contributed by atoms with Crippen LogP contribution < -0.4 is 0 Å². The number of benzene rings is 1. The molecule has 1 aliphatic carbocycles. The molecule has 0 spiro atoms. The van der Waals surface area contributed by atoms with Crippen molar-refractivity contribution in [2.45, 2.75) is 18.8 Å². The Morgan fingerprint density at radius 2 is 2.21 bits per heavy atom. The summed E-state index contributed by atoms with van der Waals surface area (Å²) >= 11 is 0. The smallest absolute Gasteiger partial charge is 0.307 e. The molecule has 0 aromatic heterocycles. The molecule has 2 rings (SSSR count). The molecular formula is C11H11FO2. The molecule has 2 atom stereocenters. The summed E-state index contributed by atoms with van der Waals surface area (Å²) < 4.78 is 12.9. The lowest BCUT2D eigenvalue weighted by molar-refractivity contribution is -0.145. The van der Waals surface area contributed by atoms with E-state index in [0.29, 0.717) is 6.42 Å². The number of carbonyl (C=O) groups is 1. The van der Waals surface area contributed by atoms with Crippen molar-refractivity contribution in [1.82, 2.24) is 0 Å². The minimum absolute atomic E-state index is 0.00296. The third kappa shape index (κ3) is 1.50. The van der Waals surface area contributed by atoms with Gasteiger partial charge in [-0.3, -0.25) is 4.79 Å². The Kier molecular flexibility index (Phi) is 2.23. The minimum atomic E-state index is -0.773.